The zero-order valence-electron chi connectivity index (χ0n) is 9.19. The van der Waals surface area contributed by atoms with Gasteiger partial charge in [0.1, 0.15) is 0 Å². The summed E-state index contributed by atoms with van der Waals surface area (Å²) in [6, 6.07) is 0. The summed E-state index contributed by atoms with van der Waals surface area (Å²) >= 11 is 0. The molecule has 0 unspecified atom stereocenters. The maximum Gasteiger partial charge on any atom is 0.293 e. The number of nitrogens with zero attached hydrogens (tertiary/aromatic N) is 2. The molecule has 1 N–H and O–H groups in total. The van der Waals surface area contributed by atoms with E-state index >= 15 is 0 Å². The molecule has 0 amide bonds. The van der Waals surface area contributed by atoms with Gasteiger partial charge in [0.05, 0.1) is 0 Å². The quantitative estimate of drug-likeness (QED) is 0.701. The molecular formula is C10H17N3O2. The second-order valence-corrected chi connectivity index (χ2v) is 3.17. The van der Waals surface area contributed by atoms with E-state index in [4.69, 9.17) is 4.74 Å². The van der Waals surface area contributed by atoms with Crippen LogP contribution in [0.4, 0.5) is 5.82 Å². The third-order valence-electron chi connectivity index (χ3n) is 1.98. The van der Waals surface area contributed by atoms with Gasteiger partial charge in [0, 0.05) is 39.2 Å². The van der Waals surface area contributed by atoms with Crippen molar-refractivity contribution in [2.24, 2.45) is 7.05 Å². The van der Waals surface area contributed by atoms with Crippen LogP contribution in [0.25, 0.3) is 0 Å². The Balaban J connectivity index is 2.38. The van der Waals surface area contributed by atoms with Gasteiger partial charge in [0.25, 0.3) is 5.56 Å². The van der Waals surface area contributed by atoms with Crippen molar-refractivity contribution in [3.63, 3.8) is 0 Å². The second kappa shape index (κ2) is 6.19. The van der Waals surface area contributed by atoms with Gasteiger partial charge in [0.2, 0.25) is 0 Å². The van der Waals surface area contributed by atoms with Crippen LogP contribution in [-0.2, 0) is 11.8 Å². The van der Waals surface area contributed by atoms with Crippen LogP contribution in [-0.4, -0.2) is 29.3 Å². The highest BCUT2D eigenvalue weighted by Crippen LogP contribution is 1.92. The number of hydrogen-bond donors (Lipinski definition) is 1. The summed E-state index contributed by atoms with van der Waals surface area (Å²) in [5, 5.41) is 2.99. The van der Waals surface area contributed by atoms with E-state index in [2.05, 4.69) is 10.3 Å². The van der Waals surface area contributed by atoms with Gasteiger partial charge >= 0.3 is 0 Å². The highest BCUT2D eigenvalue weighted by molar-refractivity contribution is 5.30. The molecule has 0 bridgehead atoms. The first-order chi connectivity index (χ1) is 7.25. The van der Waals surface area contributed by atoms with E-state index < -0.39 is 0 Å². The topological polar surface area (TPSA) is 56.1 Å². The highest BCUT2D eigenvalue weighted by atomic mass is 16.5. The normalized spacial score (nSPS) is 10.3. The lowest BCUT2D eigenvalue weighted by Crippen LogP contribution is -2.22. The van der Waals surface area contributed by atoms with Gasteiger partial charge in [-0.3, -0.25) is 4.79 Å². The number of anilines is 1. The standard InChI is InChI=1S/C10H17N3O2/c1-3-15-8-4-5-11-9-10(14)13(2)7-6-12-9/h6-7H,3-5,8H2,1-2H3,(H,11,12). The van der Waals surface area contributed by atoms with Crippen molar-refractivity contribution in [3.05, 3.63) is 22.7 Å². The first-order valence-corrected chi connectivity index (χ1v) is 5.09. The summed E-state index contributed by atoms with van der Waals surface area (Å²) in [5.41, 5.74) is -0.103. The van der Waals surface area contributed by atoms with Gasteiger partial charge in [-0.05, 0) is 13.3 Å². The fourth-order valence-electron chi connectivity index (χ4n) is 1.14. The van der Waals surface area contributed by atoms with Crippen LogP contribution in [0.15, 0.2) is 17.2 Å². The van der Waals surface area contributed by atoms with Gasteiger partial charge in [-0.1, -0.05) is 0 Å². The lowest BCUT2D eigenvalue weighted by Gasteiger charge is -2.05. The third-order valence-corrected chi connectivity index (χ3v) is 1.98. The van der Waals surface area contributed by atoms with Gasteiger partial charge < -0.3 is 14.6 Å². The molecule has 0 aliphatic carbocycles. The lowest BCUT2D eigenvalue weighted by atomic mass is 10.4. The van der Waals surface area contributed by atoms with Crippen molar-refractivity contribution in [3.8, 4) is 0 Å². The van der Waals surface area contributed by atoms with Crippen molar-refractivity contribution >= 4 is 5.82 Å². The maximum absolute atomic E-state index is 11.5. The van der Waals surface area contributed by atoms with E-state index in [1.165, 1.54) is 4.57 Å². The molecule has 0 saturated carbocycles. The molecule has 0 atom stereocenters. The molecule has 5 heteroatoms. The summed E-state index contributed by atoms with van der Waals surface area (Å²) in [6.45, 7) is 4.09. The van der Waals surface area contributed by atoms with E-state index in [9.17, 15) is 4.79 Å². The molecule has 0 radical (unpaired) electrons. The summed E-state index contributed by atoms with van der Waals surface area (Å²) in [7, 11) is 1.70. The molecule has 0 spiro atoms. The fourth-order valence-corrected chi connectivity index (χ4v) is 1.14. The Morgan fingerprint density at radius 1 is 1.60 bits per heavy atom. The van der Waals surface area contributed by atoms with Crippen LogP contribution in [0.5, 0.6) is 0 Å². The second-order valence-electron chi connectivity index (χ2n) is 3.17. The molecule has 1 aromatic heterocycles. The van der Waals surface area contributed by atoms with E-state index in [1.54, 1.807) is 19.4 Å². The molecule has 1 aromatic rings. The Kier molecular flexibility index (Phi) is 4.83. The number of nitrogens with one attached hydrogen (secondary N) is 1. The van der Waals surface area contributed by atoms with E-state index in [0.717, 1.165) is 13.0 Å². The molecule has 15 heavy (non-hydrogen) atoms. The number of aryl methyl sites for hydroxylation is 1. The van der Waals surface area contributed by atoms with Crippen LogP contribution >= 0.6 is 0 Å². The molecule has 0 aliphatic heterocycles. The van der Waals surface area contributed by atoms with Crippen molar-refractivity contribution in [1.29, 1.82) is 0 Å². The molecule has 84 valence electrons. The van der Waals surface area contributed by atoms with Crippen LogP contribution in [0.2, 0.25) is 0 Å². The molecule has 1 heterocycles. The van der Waals surface area contributed by atoms with E-state index in [1.807, 2.05) is 6.92 Å². The molecule has 5 nitrogen and oxygen atoms in total. The van der Waals surface area contributed by atoms with Crippen molar-refractivity contribution < 1.29 is 4.74 Å². The van der Waals surface area contributed by atoms with Gasteiger partial charge in [-0.2, -0.15) is 0 Å². The summed E-state index contributed by atoms with van der Waals surface area (Å²) in [4.78, 5) is 15.5. The van der Waals surface area contributed by atoms with Crippen molar-refractivity contribution in [2.45, 2.75) is 13.3 Å². The minimum Gasteiger partial charge on any atom is -0.382 e. The Bertz CT molecular complexity index is 349. The molecule has 0 aliphatic rings. The van der Waals surface area contributed by atoms with Crippen LogP contribution < -0.4 is 10.9 Å². The van der Waals surface area contributed by atoms with Crippen LogP contribution in [0.1, 0.15) is 13.3 Å². The van der Waals surface area contributed by atoms with Crippen LogP contribution in [0.3, 0.4) is 0 Å². The summed E-state index contributed by atoms with van der Waals surface area (Å²) in [6.07, 6.45) is 4.10. The molecular weight excluding hydrogens is 194 g/mol. The average molecular weight is 211 g/mol. The third kappa shape index (κ3) is 3.71. The molecule has 1 rings (SSSR count). The smallest absolute Gasteiger partial charge is 0.293 e. The zero-order chi connectivity index (χ0) is 11.1. The fraction of sp³-hybridized carbons (Fsp3) is 0.600. The first-order valence-electron chi connectivity index (χ1n) is 5.09. The Hall–Kier alpha value is -1.36. The SMILES string of the molecule is CCOCCCNc1nccn(C)c1=O. The summed E-state index contributed by atoms with van der Waals surface area (Å²) in [5.74, 6) is 0.400. The number of hydrogen-bond acceptors (Lipinski definition) is 4. The molecule has 0 fully saturated rings. The van der Waals surface area contributed by atoms with Gasteiger partial charge in [-0.25, -0.2) is 4.98 Å². The molecule has 0 saturated heterocycles. The predicted molar refractivity (Wildman–Crippen MR) is 59.1 cm³/mol. The number of ether oxygens (including phenoxy) is 1. The Morgan fingerprint density at radius 3 is 3.13 bits per heavy atom. The number of rotatable bonds is 6. The molecule has 0 aromatic carbocycles. The highest BCUT2D eigenvalue weighted by Gasteiger charge is 2.00. The maximum atomic E-state index is 11.5. The minimum atomic E-state index is -0.103. The zero-order valence-corrected chi connectivity index (χ0v) is 9.19. The predicted octanol–water partition coefficient (Wildman–Crippen LogP) is 0.619. The largest absolute Gasteiger partial charge is 0.382 e. The van der Waals surface area contributed by atoms with Gasteiger partial charge in [0.15, 0.2) is 5.82 Å². The Labute approximate surface area is 89.1 Å². The van der Waals surface area contributed by atoms with Crippen molar-refractivity contribution in [2.75, 3.05) is 25.1 Å². The number of aromatic nitrogens is 2. The lowest BCUT2D eigenvalue weighted by molar-refractivity contribution is 0.147. The average Bonchev–Trinajstić information content (AvgIpc) is 2.24. The monoisotopic (exact) mass is 211 g/mol. The van der Waals surface area contributed by atoms with Crippen LogP contribution in [0, 0.1) is 0 Å². The van der Waals surface area contributed by atoms with E-state index in [-0.39, 0.29) is 5.56 Å². The Morgan fingerprint density at radius 2 is 2.40 bits per heavy atom. The van der Waals surface area contributed by atoms with Gasteiger partial charge in [-0.15, -0.1) is 0 Å². The summed E-state index contributed by atoms with van der Waals surface area (Å²) < 4.78 is 6.68. The van der Waals surface area contributed by atoms with Crippen molar-refractivity contribution in [1.82, 2.24) is 9.55 Å². The van der Waals surface area contributed by atoms with E-state index in [0.29, 0.717) is 19.0 Å². The first kappa shape index (κ1) is 11.7. The minimum absolute atomic E-state index is 0.103.